The minimum absolute atomic E-state index is 0.0415. The Hall–Kier alpha value is -1.26. The van der Waals surface area contributed by atoms with Crippen LogP contribution in [-0.4, -0.2) is 80.5 Å². The number of hydrogen-bond donors (Lipinski definition) is 5. The van der Waals surface area contributed by atoms with E-state index < -0.39 is 5.91 Å². The highest BCUT2D eigenvalue weighted by molar-refractivity contribution is 5.85. The van der Waals surface area contributed by atoms with Gasteiger partial charge in [-0.05, 0) is 56.8 Å². The number of methoxy groups -OCH3 is 1. The second-order valence-electron chi connectivity index (χ2n) is 10.3. The molecule has 0 spiro atoms. The summed E-state index contributed by atoms with van der Waals surface area (Å²) >= 11 is 0. The fourth-order valence-electron chi connectivity index (χ4n) is 6.55. The van der Waals surface area contributed by atoms with E-state index in [1.54, 1.807) is 0 Å². The van der Waals surface area contributed by atoms with Crippen molar-refractivity contribution in [2.75, 3.05) is 33.3 Å². The summed E-state index contributed by atoms with van der Waals surface area (Å²) < 4.78 is 5.57. The zero-order chi connectivity index (χ0) is 22.7. The van der Waals surface area contributed by atoms with Crippen LogP contribution in [0.15, 0.2) is 0 Å². The van der Waals surface area contributed by atoms with Gasteiger partial charge in [0, 0.05) is 44.7 Å². The molecule has 4 fully saturated rings. The fraction of sp³-hybridized carbons (Fsp3) is 0.913. The van der Waals surface area contributed by atoms with Crippen LogP contribution >= 0.6 is 0 Å². The number of nitrogens with zero attached hydrogens (tertiary/aromatic N) is 1. The van der Waals surface area contributed by atoms with Gasteiger partial charge in [0.2, 0.25) is 11.8 Å². The van der Waals surface area contributed by atoms with Crippen molar-refractivity contribution in [2.24, 2.45) is 23.5 Å². The molecule has 6 unspecified atom stereocenters. The van der Waals surface area contributed by atoms with Crippen molar-refractivity contribution in [3.8, 4) is 0 Å². The second-order valence-corrected chi connectivity index (χ2v) is 10.3. The Morgan fingerprint density at radius 2 is 1.91 bits per heavy atom. The SMILES string of the molecule is COC1CCC(C2CNC3C(NC4CCC(C(=O)NCC(N)=O)C(C)C4)NCCN23)CC1. The molecule has 0 aromatic heterocycles. The van der Waals surface area contributed by atoms with Gasteiger partial charge in [0.05, 0.1) is 25.0 Å². The maximum atomic E-state index is 12.4. The Bertz CT molecular complexity index is 656. The molecule has 32 heavy (non-hydrogen) atoms. The average Bonchev–Trinajstić information content (AvgIpc) is 3.23. The Balaban J connectivity index is 1.27. The van der Waals surface area contributed by atoms with Crippen LogP contribution in [0.1, 0.15) is 51.9 Å². The summed E-state index contributed by atoms with van der Waals surface area (Å²) in [6, 6.07) is 1.01. The smallest absolute Gasteiger partial charge is 0.236 e. The van der Waals surface area contributed by atoms with E-state index in [2.05, 4.69) is 33.1 Å². The van der Waals surface area contributed by atoms with E-state index in [1.807, 2.05) is 7.11 Å². The molecular formula is C23H42N6O3. The molecule has 6 N–H and O–H groups in total. The molecule has 0 bridgehead atoms. The molecule has 0 radical (unpaired) electrons. The van der Waals surface area contributed by atoms with Crippen LogP contribution in [0.25, 0.3) is 0 Å². The number of carbonyl (C=O) groups excluding carboxylic acids is 2. The number of rotatable bonds is 7. The van der Waals surface area contributed by atoms with E-state index in [0.717, 1.165) is 44.8 Å². The van der Waals surface area contributed by atoms with Gasteiger partial charge in [-0.25, -0.2) is 0 Å². The van der Waals surface area contributed by atoms with Crippen molar-refractivity contribution in [3.63, 3.8) is 0 Å². The molecule has 2 amide bonds. The van der Waals surface area contributed by atoms with E-state index in [0.29, 0.717) is 24.4 Å². The maximum Gasteiger partial charge on any atom is 0.236 e. The number of ether oxygens (including phenoxy) is 1. The molecule has 6 atom stereocenters. The van der Waals surface area contributed by atoms with Crippen molar-refractivity contribution in [1.29, 1.82) is 0 Å². The van der Waals surface area contributed by atoms with Crippen LogP contribution in [0, 0.1) is 17.8 Å². The van der Waals surface area contributed by atoms with Gasteiger partial charge >= 0.3 is 0 Å². The number of piperazine rings is 1. The molecule has 4 rings (SSSR count). The molecule has 2 heterocycles. The number of fused-ring (bicyclic) bond motifs is 1. The van der Waals surface area contributed by atoms with E-state index in [9.17, 15) is 9.59 Å². The van der Waals surface area contributed by atoms with Crippen molar-refractivity contribution < 1.29 is 14.3 Å². The minimum atomic E-state index is -0.497. The lowest BCUT2D eigenvalue weighted by Gasteiger charge is -2.44. The Kier molecular flexibility index (Phi) is 8.04. The summed E-state index contributed by atoms with van der Waals surface area (Å²) in [6.45, 7) is 5.22. The van der Waals surface area contributed by atoms with E-state index in [-0.39, 0.29) is 30.5 Å². The first kappa shape index (κ1) is 23.9. The molecule has 4 aliphatic rings. The third-order valence-electron chi connectivity index (χ3n) is 8.32. The topological polar surface area (TPSA) is 121 Å². The first-order valence-electron chi connectivity index (χ1n) is 12.5. The predicted molar refractivity (Wildman–Crippen MR) is 122 cm³/mol. The van der Waals surface area contributed by atoms with Crippen LogP contribution in [0.3, 0.4) is 0 Å². The largest absolute Gasteiger partial charge is 0.381 e. The average molecular weight is 451 g/mol. The van der Waals surface area contributed by atoms with Crippen LogP contribution in [0.2, 0.25) is 0 Å². The number of carbonyl (C=O) groups is 2. The highest BCUT2D eigenvalue weighted by atomic mass is 16.5. The summed E-state index contributed by atoms with van der Waals surface area (Å²) in [4.78, 5) is 26.1. The Morgan fingerprint density at radius 3 is 2.59 bits per heavy atom. The van der Waals surface area contributed by atoms with Gasteiger partial charge in [-0.2, -0.15) is 0 Å². The van der Waals surface area contributed by atoms with Gasteiger partial charge in [-0.1, -0.05) is 6.92 Å². The third kappa shape index (κ3) is 5.44. The highest BCUT2D eigenvalue weighted by Gasteiger charge is 2.44. The van der Waals surface area contributed by atoms with Gasteiger partial charge in [0.1, 0.15) is 0 Å². The molecule has 2 aliphatic carbocycles. The summed E-state index contributed by atoms with van der Waals surface area (Å²) in [5, 5.41) is 14.0. The van der Waals surface area contributed by atoms with E-state index in [1.165, 1.54) is 25.7 Å². The highest BCUT2D eigenvalue weighted by Crippen LogP contribution is 2.34. The van der Waals surface area contributed by atoms with E-state index >= 15 is 0 Å². The first-order valence-corrected chi connectivity index (χ1v) is 12.5. The quantitative estimate of drug-likeness (QED) is 0.362. The zero-order valence-corrected chi connectivity index (χ0v) is 19.6. The summed E-state index contributed by atoms with van der Waals surface area (Å²) in [5.74, 6) is 0.448. The Morgan fingerprint density at radius 1 is 1.12 bits per heavy atom. The lowest BCUT2D eigenvalue weighted by Crippen LogP contribution is -2.67. The fourth-order valence-corrected chi connectivity index (χ4v) is 6.55. The van der Waals surface area contributed by atoms with Gasteiger partial charge in [0.25, 0.3) is 0 Å². The van der Waals surface area contributed by atoms with Crippen LogP contribution in [0.5, 0.6) is 0 Å². The molecule has 2 saturated heterocycles. The van der Waals surface area contributed by atoms with E-state index in [4.69, 9.17) is 10.5 Å². The summed E-state index contributed by atoms with van der Waals surface area (Å²) in [5.41, 5.74) is 5.16. The second kappa shape index (κ2) is 10.8. The van der Waals surface area contributed by atoms with Gasteiger partial charge in [-0.3, -0.25) is 30.4 Å². The number of hydrogen-bond acceptors (Lipinski definition) is 7. The third-order valence-corrected chi connectivity index (χ3v) is 8.32. The number of nitrogens with two attached hydrogens (primary N) is 1. The van der Waals surface area contributed by atoms with Gasteiger partial charge in [-0.15, -0.1) is 0 Å². The van der Waals surface area contributed by atoms with Crippen molar-refractivity contribution in [1.82, 2.24) is 26.2 Å². The minimum Gasteiger partial charge on any atom is -0.381 e. The number of primary amides is 1. The normalized spacial score (nSPS) is 40.6. The van der Waals surface area contributed by atoms with Gasteiger partial charge < -0.3 is 15.8 Å². The molecule has 0 aromatic rings. The maximum absolute atomic E-state index is 12.4. The number of amides is 2. The number of nitrogens with one attached hydrogen (secondary N) is 4. The Labute approximate surface area is 191 Å². The van der Waals surface area contributed by atoms with Crippen molar-refractivity contribution in [3.05, 3.63) is 0 Å². The van der Waals surface area contributed by atoms with Crippen LogP contribution < -0.4 is 27.0 Å². The molecule has 182 valence electrons. The lowest BCUT2D eigenvalue weighted by atomic mass is 9.77. The monoisotopic (exact) mass is 450 g/mol. The standard InChI is InChI=1S/C23H42N6O3/c1-14-11-16(5-8-18(14)23(31)27-13-20(24)30)28-21-22-26-12-19(29(22)10-9-25-21)15-3-6-17(32-2)7-4-15/h14-19,21-22,25-26,28H,3-13H2,1-2H3,(H2,24,30)(H,27,31). The van der Waals surface area contributed by atoms with Gasteiger partial charge in [0.15, 0.2) is 0 Å². The molecule has 2 aliphatic heterocycles. The predicted octanol–water partition coefficient (Wildman–Crippen LogP) is -0.283. The summed E-state index contributed by atoms with van der Waals surface area (Å²) in [6.07, 6.45) is 8.65. The van der Waals surface area contributed by atoms with Crippen molar-refractivity contribution >= 4 is 11.8 Å². The van der Waals surface area contributed by atoms with Crippen LogP contribution in [0.4, 0.5) is 0 Å². The molecule has 2 saturated carbocycles. The molecule has 0 aromatic carbocycles. The lowest BCUT2D eigenvalue weighted by molar-refractivity contribution is -0.130. The molecule has 9 heteroatoms. The van der Waals surface area contributed by atoms with Crippen LogP contribution in [-0.2, 0) is 14.3 Å². The zero-order valence-electron chi connectivity index (χ0n) is 19.6. The molecular weight excluding hydrogens is 408 g/mol. The molecule has 9 nitrogen and oxygen atoms in total. The van der Waals surface area contributed by atoms with Crippen molar-refractivity contribution in [2.45, 2.75) is 82.4 Å². The first-order chi connectivity index (χ1) is 15.5. The summed E-state index contributed by atoms with van der Waals surface area (Å²) in [7, 11) is 1.84.